The first-order chi connectivity index (χ1) is 15.9. The van der Waals surface area contributed by atoms with E-state index in [2.05, 4.69) is 11.7 Å². The van der Waals surface area contributed by atoms with Crippen molar-refractivity contribution in [3.63, 3.8) is 0 Å². The monoisotopic (exact) mass is 462 g/mol. The summed E-state index contributed by atoms with van der Waals surface area (Å²) < 4.78 is 72.0. The molecule has 0 spiro atoms. The summed E-state index contributed by atoms with van der Waals surface area (Å²) in [6, 6.07) is 10.3. The Hall–Kier alpha value is -2.63. The molecule has 0 bridgehead atoms. The van der Waals surface area contributed by atoms with Crippen LogP contribution in [0.5, 0.6) is 5.75 Å². The van der Waals surface area contributed by atoms with E-state index in [1.54, 1.807) is 12.1 Å². The number of benzene rings is 3. The second-order valence-corrected chi connectivity index (χ2v) is 8.96. The minimum Gasteiger partial charge on any atom is -0.429 e. The second kappa shape index (κ2) is 10.1. The Balaban J connectivity index is 1.53. The molecule has 0 N–H and O–H groups in total. The smallest absolute Gasteiger partial charge is 0.387 e. The predicted molar refractivity (Wildman–Crippen MR) is 120 cm³/mol. The molecular weight excluding hydrogens is 435 g/mol. The number of halogens is 5. The van der Waals surface area contributed by atoms with Crippen LogP contribution in [0.1, 0.15) is 51.0 Å². The third-order valence-corrected chi connectivity index (χ3v) is 6.92. The van der Waals surface area contributed by atoms with Gasteiger partial charge in [0.05, 0.1) is 0 Å². The van der Waals surface area contributed by atoms with E-state index in [0.29, 0.717) is 10.8 Å². The number of rotatable bonds is 7. The van der Waals surface area contributed by atoms with Gasteiger partial charge in [-0.1, -0.05) is 69.4 Å². The summed E-state index contributed by atoms with van der Waals surface area (Å²) in [6.45, 7) is -1.10. The van der Waals surface area contributed by atoms with Gasteiger partial charge in [0.15, 0.2) is 17.4 Å². The molecule has 3 aromatic rings. The SMILES string of the molecule is CCC1CCC(CCc2ccc3c(F)c(-c4cc(F)c(OC(F)F)c(F)c4)ccc3c2)CC1. The lowest BCUT2D eigenvalue weighted by Gasteiger charge is -2.27. The van der Waals surface area contributed by atoms with Gasteiger partial charge in [0.25, 0.3) is 0 Å². The zero-order valence-corrected chi connectivity index (χ0v) is 18.5. The van der Waals surface area contributed by atoms with Gasteiger partial charge in [-0.05, 0) is 53.3 Å². The fourth-order valence-corrected chi connectivity index (χ4v) is 4.94. The Morgan fingerprint density at radius 3 is 2.18 bits per heavy atom. The topological polar surface area (TPSA) is 9.23 Å². The summed E-state index contributed by atoms with van der Waals surface area (Å²) in [5.41, 5.74) is 1.04. The third-order valence-electron chi connectivity index (χ3n) is 6.92. The number of aryl methyl sites for hydroxylation is 1. The Kier molecular flexibility index (Phi) is 7.20. The van der Waals surface area contributed by atoms with Crippen LogP contribution in [-0.4, -0.2) is 6.61 Å². The van der Waals surface area contributed by atoms with E-state index in [1.165, 1.54) is 38.2 Å². The van der Waals surface area contributed by atoms with Gasteiger partial charge in [-0.15, -0.1) is 0 Å². The van der Waals surface area contributed by atoms with Gasteiger partial charge in [-0.25, -0.2) is 13.2 Å². The first-order valence-corrected chi connectivity index (χ1v) is 11.5. The molecule has 33 heavy (non-hydrogen) atoms. The van der Waals surface area contributed by atoms with Crippen molar-refractivity contribution in [2.75, 3.05) is 0 Å². The van der Waals surface area contributed by atoms with Gasteiger partial charge in [0.1, 0.15) is 5.82 Å². The molecule has 1 aliphatic carbocycles. The average molecular weight is 463 g/mol. The van der Waals surface area contributed by atoms with Gasteiger partial charge in [0.2, 0.25) is 0 Å². The Labute approximate surface area is 190 Å². The summed E-state index contributed by atoms with van der Waals surface area (Å²) in [5.74, 6) is -2.80. The van der Waals surface area contributed by atoms with E-state index in [9.17, 15) is 17.6 Å². The molecule has 0 heterocycles. The summed E-state index contributed by atoms with van der Waals surface area (Å²) in [5, 5.41) is 1.05. The summed E-state index contributed by atoms with van der Waals surface area (Å²) >= 11 is 0. The molecule has 1 fully saturated rings. The molecule has 0 saturated heterocycles. The van der Waals surface area contributed by atoms with Crippen LogP contribution in [0.25, 0.3) is 21.9 Å². The molecule has 4 rings (SSSR count). The van der Waals surface area contributed by atoms with Crippen molar-refractivity contribution in [1.29, 1.82) is 0 Å². The zero-order chi connectivity index (χ0) is 23.5. The standard InChI is InChI=1S/C27H27F5O/c1-2-16-3-5-17(6-4-16)7-8-18-9-11-21-19(13-18)10-12-22(25(21)30)20-14-23(28)26(24(29)15-20)33-27(31)32/h9-17,27H,2-8H2,1H3. The van der Waals surface area contributed by atoms with Crippen LogP contribution in [0.3, 0.4) is 0 Å². The molecule has 0 aromatic heterocycles. The first kappa shape index (κ1) is 23.5. The lowest BCUT2D eigenvalue weighted by molar-refractivity contribution is -0.0546. The lowest BCUT2D eigenvalue weighted by atomic mass is 9.78. The maximum atomic E-state index is 15.2. The molecule has 0 atom stereocenters. The van der Waals surface area contributed by atoms with Crippen molar-refractivity contribution >= 4 is 10.8 Å². The fraction of sp³-hybridized carbons (Fsp3) is 0.407. The highest BCUT2D eigenvalue weighted by molar-refractivity contribution is 5.88. The van der Waals surface area contributed by atoms with E-state index in [0.717, 1.165) is 42.4 Å². The Morgan fingerprint density at radius 1 is 0.879 bits per heavy atom. The number of alkyl halides is 2. The molecule has 6 heteroatoms. The summed E-state index contributed by atoms with van der Waals surface area (Å²) in [7, 11) is 0. The van der Waals surface area contributed by atoms with Crippen molar-refractivity contribution < 1.29 is 26.7 Å². The van der Waals surface area contributed by atoms with Crippen molar-refractivity contribution in [2.45, 2.75) is 58.5 Å². The molecule has 1 aliphatic rings. The third kappa shape index (κ3) is 5.31. The van der Waals surface area contributed by atoms with Crippen LogP contribution in [0.15, 0.2) is 42.5 Å². The maximum absolute atomic E-state index is 15.2. The lowest BCUT2D eigenvalue weighted by Crippen LogP contribution is -2.14. The van der Waals surface area contributed by atoms with Gasteiger partial charge < -0.3 is 4.74 Å². The number of ether oxygens (including phenoxy) is 1. The molecule has 176 valence electrons. The highest BCUT2D eigenvalue weighted by Gasteiger charge is 2.21. The predicted octanol–water partition coefficient (Wildman–Crippen LogP) is 8.67. The zero-order valence-electron chi connectivity index (χ0n) is 18.5. The van der Waals surface area contributed by atoms with Crippen molar-refractivity contribution in [1.82, 2.24) is 0 Å². The average Bonchev–Trinajstić information content (AvgIpc) is 2.80. The van der Waals surface area contributed by atoms with Crippen LogP contribution in [0.4, 0.5) is 22.0 Å². The highest BCUT2D eigenvalue weighted by Crippen LogP contribution is 2.35. The van der Waals surface area contributed by atoms with Gasteiger partial charge in [-0.3, -0.25) is 0 Å². The number of hydrogen-bond acceptors (Lipinski definition) is 1. The number of hydrogen-bond donors (Lipinski definition) is 0. The molecule has 1 nitrogen and oxygen atoms in total. The van der Waals surface area contributed by atoms with E-state index in [4.69, 9.17) is 0 Å². The molecule has 0 unspecified atom stereocenters. The van der Waals surface area contributed by atoms with E-state index in [1.807, 2.05) is 12.1 Å². The molecule has 0 aliphatic heterocycles. The van der Waals surface area contributed by atoms with Gasteiger partial charge in [0, 0.05) is 10.9 Å². The maximum Gasteiger partial charge on any atom is 0.387 e. The quantitative estimate of drug-likeness (QED) is 0.319. The van der Waals surface area contributed by atoms with Crippen LogP contribution < -0.4 is 4.74 Å². The summed E-state index contributed by atoms with van der Waals surface area (Å²) in [6.07, 6.45) is 8.48. The van der Waals surface area contributed by atoms with Crippen molar-refractivity contribution in [3.05, 3.63) is 65.5 Å². The van der Waals surface area contributed by atoms with E-state index >= 15 is 4.39 Å². The van der Waals surface area contributed by atoms with Crippen molar-refractivity contribution in [2.24, 2.45) is 11.8 Å². The minimum atomic E-state index is -3.36. The molecule has 0 radical (unpaired) electrons. The normalized spacial score (nSPS) is 18.8. The van der Waals surface area contributed by atoms with Crippen LogP contribution in [0, 0.1) is 29.3 Å². The molecule has 0 amide bonds. The highest BCUT2D eigenvalue weighted by atomic mass is 19.3. The molecular formula is C27H27F5O. The molecule has 1 saturated carbocycles. The van der Waals surface area contributed by atoms with E-state index < -0.39 is 29.8 Å². The Bertz CT molecular complexity index is 1100. The van der Waals surface area contributed by atoms with Crippen LogP contribution in [0.2, 0.25) is 0 Å². The van der Waals surface area contributed by atoms with E-state index in [-0.39, 0.29) is 11.1 Å². The van der Waals surface area contributed by atoms with Gasteiger partial charge >= 0.3 is 6.61 Å². The van der Waals surface area contributed by atoms with Crippen molar-refractivity contribution in [3.8, 4) is 16.9 Å². The Morgan fingerprint density at radius 2 is 1.55 bits per heavy atom. The fourth-order valence-electron chi connectivity index (χ4n) is 4.94. The molecule has 3 aromatic carbocycles. The second-order valence-electron chi connectivity index (χ2n) is 8.96. The van der Waals surface area contributed by atoms with Crippen LogP contribution >= 0.6 is 0 Å². The van der Waals surface area contributed by atoms with Crippen LogP contribution in [-0.2, 0) is 6.42 Å². The largest absolute Gasteiger partial charge is 0.429 e. The van der Waals surface area contributed by atoms with Gasteiger partial charge in [-0.2, -0.15) is 8.78 Å². The minimum absolute atomic E-state index is 0.00988. The first-order valence-electron chi connectivity index (χ1n) is 11.5. The number of fused-ring (bicyclic) bond motifs is 1. The summed E-state index contributed by atoms with van der Waals surface area (Å²) in [4.78, 5) is 0.